The number of anilines is 3. The molecule has 0 bridgehead atoms. The minimum Gasteiger partial charge on any atom is -0.350 e. The Morgan fingerprint density at radius 3 is 1.75 bits per heavy atom. The van der Waals surface area contributed by atoms with Crippen LogP contribution in [0.4, 0.5) is 17.1 Å². The summed E-state index contributed by atoms with van der Waals surface area (Å²) in [6.45, 7) is 0. The van der Waals surface area contributed by atoms with E-state index in [-0.39, 0.29) is 12.3 Å². The highest BCUT2D eigenvalue weighted by Crippen LogP contribution is 2.63. The second-order valence-electron chi connectivity index (χ2n) is 17.2. The summed E-state index contributed by atoms with van der Waals surface area (Å²) in [4.78, 5) is 7.87. The number of aliphatic imine (C=N–C) groups is 1. The molecule has 0 amide bonds. The van der Waals surface area contributed by atoms with Crippen molar-refractivity contribution < 1.29 is 0 Å². The Labute approximate surface area is 372 Å². The zero-order valence-electron chi connectivity index (χ0n) is 35.0. The van der Waals surface area contributed by atoms with Crippen molar-refractivity contribution in [1.82, 2.24) is 10.6 Å². The Kier molecular flexibility index (Phi) is 8.30. The Balaban J connectivity index is 0.954. The van der Waals surface area contributed by atoms with Gasteiger partial charge in [-0.3, -0.25) is 5.32 Å². The van der Waals surface area contributed by atoms with Crippen LogP contribution in [0.3, 0.4) is 0 Å². The highest BCUT2D eigenvalue weighted by atomic mass is 15.3. The fraction of sp³-hybridized carbons (Fsp3) is 0.0500. The number of nitrogens with one attached hydrogen (secondary N) is 2. The van der Waals surface area contributed by atoms with Crippen molar-refractivity contribution in [3.05, 3.63) is 269 Å². The van der Waals surface area contributed by atoms with E-state index in [9.17, 15) is 0 Å². The second-order valence-corrected chi connectivity index (χ2v) is 17.2. The van der Waals surface area contributed by atoms with Crippen LogP contribution in [0, 0.1) is 0 Å². The first-order valence-corrected chi connectivity index (χ1v) is 22.2. The number of hydrogen-bond acceptors (Lipinski definition) is 4. The van der Waals surface area contributed by atoms with Crippen molar-refractivity contribution in [2.75, 3.05) is 4.90 Å². The van der Waals surface area contributed by atoms with Crippen molar-refractivity contribution in [3.8, 4) is 22.3 Å². The molecule has 0 saturated heterocycles. The summed E-state index contributed by atoms with van der Waals surface area (Å²) in [5, 5.41) is 12.5. The highest BCUT2D eigenvalue weighted by Gasteiger charge is 2.51. The van der Waals surface area contributed by atoms with Crippen LogP contribution in [0.5, 0.6) is 0 Å². The van der Waals surface area contributed by atoms with Crippen LogP contribution < -0.4 is 15.5 Å². The van der Waals surface area contributed by atoms with Gasteiger partial charge in [0.25, 0.3) is 0 Å². The van der Waals surface area contributed by atoms with E-state index in [0.717, 1.165) is 33.8 Å². The van der Waals surface area contributed by atoms with Gasteiger partial charge in [-0.2, -0.15) is 0 Å². The Hall–Kier alpha value is -8.05. The lowest BCUT2D eigenvalue weighted by Crippen LogP contribution is -2.44. The van der Waals surface area contributed by atoms with E-state index >= 15 is 0 Å². The summed E-state index contributed by atoms with van der Waals surface area (Å²) in [5.74, 6) is 0.870. The van der Waals surface area contributed by atoms with Gasteiger partial charge in [-0.05, 0) is 126 Å². The number of rotatable bonds is 5. The second kappa shape index (κ2) is 14.5. The Morgan fingerprint density at radius 2 is 0.984 bits per heavy atom. The van der Waals surface area contributed by atoms with Crippen molar-refractivity contribution in [1.29, 1.82) is 0 Å². The molecule has 4 nitrogen and oxygen atoms in total. The minimum atomic E-state index is -0.527. The molecule has 10 aromatic carbocycles. The standard InChI is InChI=1S/C60H42N4/c1-2-21-48(22-3-1)64-55-27-12-10-25-52(55)60(53-26-11-13-28-56(53)64)51-24-9-8-23-49(51)50-34-33-44(38-54(50)60)43-19-14-20-45(37-43)57-61-58(46-31-29-39-15-4-6-17-41(39)35-46)63-59(62-57)47-32-30-40-16-5-7-18-42(40)36-47/h1-38,57-58,61H,(H,62,63). The number of benzene rings is 10. The predicted octanol–water partition coefficient (Wildman–Crippen LogP) is 14.1. The number of para-hydroxylation sites is 3. The summed E-state index contributed by atoms with van der Waals surface area (Å²) in [6, 6.07) is 84.4. The van der Waals surface area contributed by atoms with Gasteiger partial charge in [0, 0.05) is 11.3 Å². The molecule has 2 N–H and O–H groups in total. The van der Waals surface area contributed by atoms with E-state index in [1.165, 1.54) is 71.9 Å². The smallest absolute Gasteiger partial charge is 0.131 e. The summed E-state index contributed by atoms with van der Waals surface area (Å²) in [5.41, 5.74) is 16.4. The van der Waals surface area contributed by atoms with Gasteiger partial charge in [0.05, 0.1) is 16.8 Å². The summed E-state index contributed by atoms with van der Waals surface area (Å²) in [7, 11) is 0. The molecule has 0 radical (unpaired) electrons. The maximum atomic E-state index is 5.43. The number of fused-ring (bicyclic) bond motifs is 11. The van der Waals surface area contributed by atoms with E-state index in [4.69, 9.17) is 4.99 Å². The molecular formula is C60H42N4. The number of amidine groups is 1. The highest BCUT2D eigenvalue weighted by molar-refractivity contribution is 6.03. The van der Waals surface area contributed by atoms with Crippen molar-refractivity contribution in [2.24, 2.45) is 4.99 Å². The topological polar surface area (TPSA) is 39.7 Å². The molecule has 0 saturated carbocycles. The molecule has 0 aromatic heterocycles. The number of nitrogens with zero attached hydrogens (tertiary/aromatic N) is 2. The molecule has 1 aliphatic carbocycles. The van der Waals surface area contributed by atoms with Crippen molar-refractivity contribution in [3.63, 3.8) is 0 Å². The Bertz CT molecular complexity index is 3450. The quantitative estimate of drug-likeness (QED) is 0.182. The summed E-state index contributed by atoms with van der Waals surface area (Å²) < 4.78 is 0. The summed E-state index contributed by atoms with van der Waals surface area (Å²) in [6.07, 6.45) is -0.470. The fourth-order valence-electron chi connectivity index (χ4n) is 10.8. The third-order valence-electron chi connectivity index (χ3n) is 13.7. The van der Waals surface area contributed by atoms with Gasteiger partial charge < -0.3 is 10.2 Å². The van der Waals surface area contributed by atoms with Gasteiger partial charge >= 0.3 is 0 Å². The van der Waals surface area contributed by atoms with Gasteiger partial charge in [-0.1, -0.05) is 182 Å². The molecule has 2 aliphatic heterocycles. The van der Waals surface area contributed by atoms with E-state index in [1.807, 2.05) is 0 Å². The maximum absolute atomic E-state index is 5.43. The first-order valence-electron chi connectivity index (χ1n) is 22.2. The Morgan fingerprint density at radius 1 is 0.391 bits per heavy atom. The van der Waals surface area contributed by atoms with Crippen LogP contribution >= 0.6 is 0 Å². The average molecular weight is 819 g/mol. The zero-order chi connectivity index (χ0) is 42.2. The van der Waals surface area contributed by atoms with Crippen LogP contribution in [0.2, 0.25) is 0 Å². The van der Waals surface area contributed by atoms with Crippen LogP contribution in [0.25, 0.3) is 43.8 Å². The molecule has 13 rings (SSSR count). The van der Waals surface area contributed by atoms with Crippen LogP contribution in [0.15, 0.2) is 236 Å². The molecule has 2 atom stereocenters. The van der Waals surface area contributed by atoms with Crippen molar-refractivity contribution >= 4 is 44.4 Å². The van der Waals surface area contributed by atoms with E-state index in [2.05, 4.69) is 246 Å². The third-order valence-corrected chi connectivity index (χ3v) is 13.7. The van der Waals surface area contributed by atoms with Gasteiger partial charge in [0.2, 0.25) is 0 Å². The molecule has 2 unspecified atom stereocenters. The molecule has 1 spiro atoms. The molecule has 64 heavy (non-hydrogen) atoms. The van der Waals surface area contributed by atoms with E-state index in [0.29, 0.717) is 0 Å². The van der Waals surface area contributed by atoms with Crippen LogP contribution in [0.1, 0.15) is 51.3 Å². The average Bonchev–Trinajstić information content (AvgIpc) is 3.66. The molecule has 302 valence electrons. The van der Waals surface area contributed by atoms with E-state index < -0.39 is 5.41 Å². The first-order chi connectivity index (χ1) is 31.7. The lowest BCUT2D eigenvalue weighted by molar-refractivity contribution is 0.409. The van der Waals surface area contributed by atoms with Crippen LogP contribution in [-0.2, 0) is 5.41 Å². The van der Waals surface area contributed by atoms with Gasteiger partial charge in [-0.25, -0.2) is 4.99 Å². The molecule has 3 aliphatic rings. The largest absolute Gasteiger partial charge is 0.350 e. The summed E-state index contributed by atoms with van der Waals surface area (Å²) >= 11 is 0. The maximum Gasteiger partial charge on any atom is 0.131 e. The third kappa shape index (κ3) is 5.63. The monoisotopic (exact) mass is 818 g/mol. The van der Waals surface area contributed by atoms with Crippen molar-refractivity contribution in [2.45, 2.75) is 17.7 Å². The normalized spacial score (nSPS) is 16.7. The lowest BCUT2D eigenvalue weighted by Gasteiger charge is -2.45. The van der Waals surface area contributed by atoms with E-state index in [1.54, 1.807) is 0 Å². The minimum absolute atomic E-state index is 0.169. The van der Waals surface area contributed by atoms with Gasteiger partial charge in [-0.15, -0.1) is 0 Å². The zero-order valence-corrected chi connectivity index (χ0v) is 35.0. The fourth-order valence-corrected chi connectivity index (χ4v) is 10.8. The molecule has 10 aromatic rings. The molecule has 2 heterocycles. The van der Waals surface area contributed by atoms with Gasteiger partial charge in [0.1, 0.15) is 18.2 Å². The van der Waals surface area contributed by atoms with Crippen LogP contribution in [-0.4, -0.2) is 5.84 Å². The molecule has 4 heteroatoms. The van der Waals surface area contributed by atoms with Gasteiger partial charge in [0.15, 0.2) is 0 Å². The molecular weight excluding hydrogens is 777 g/mol. The predicted molar refractivity (Wildman–Crippen MR) is 264 cm³/mol. The SMILES string of the molecule is c1ccc(N2c3ccccc3C3(c4ccccc4-c4ccc(-c5cccc(C6N=C(c7ccc8ccccc8c7)NC(c7ccc8ccccc8c7)N6)c5)cc43)c3ccccc32)cc1. The first kappa shape index (κ1) is 36.6. The molecule has 0 fully saturated rings. The number of hydrogen-bond donors (Lipinski definition) is 2. The lowest BCUT2D eigenvalue weighted by atomic mass is 9.64.